The standard InChI is InChI=1S/C9H8Cl3NO2S2/c1-3(9(14)15-2)13-8(16)6-4(10)5(11)7(12)17-6/h3H,1-2H3,(H,13,16)/t3-/m0/s1. The van der Waals surface area contributed by atoms with Gasteiger partial charge in [-0.3, -0.25) is 0 Å². The molecule has 0 aromatic carbocycles. The molecule has 1 rings (SSSR count). The average Bonchev–Trinajstić information content (AvgIpc) is 2.55. The Morgan fingerprint density at radius 1 is 1.41 bits per heavy atom. The first kappa shape index (κ1) is 15.0. The Labute approximate surface area is 123 Å². The van der Waals surface area contributed by atoms with E-state index in [1.807, 2.05) is 0 Å². The first-order chi connectivity index (χ1) is 7.88. The zero-order valence-corrected chi connectivity index (χ0v) is 12.7. The minimum absolute atomic E-state index is 0.267. The highest BCUT2D eigenvalue weighted by atomic mass is 35.5. The van der Waals surface area contributed by atoms with Crippen LogP contribution in [-0.2, 0) is 9.53 Å². The van der Waals surface area contributed by atoms with E-state index in [0.717, 1.165) is 11.3 Å². The summed E-state index contributed by atoms with van der Waals surface area (Å²) in [4.78, 5) is 12.1. The van der Waals surface area contributed by atoms with Gasteiger partial charge in [0.1, 0.15) is 15.4 Å². The number of thiophene rings is 1. The van der Waals surface area contributed by atoms with Crippen LogP contribution < -0.4 is 5.32 Å². The Morgan fingerprint density at radius 3 is 2.41 bits per heavy atom. The van der Waals surface area contributed by atoms with E-state index < -0.39 is 12.0 Å². The summed E-state index contributed by atoms with van der Waals surface area (Å²) in [5.74, 6) is -0.419. The van der Waals surface area contributed by atoms with E-state index in [4.69, 9.17) is 47.0 Å². The Balaban J connectivity index is 2.84. The molecule has 0 saturated carbocycles. The molecule has 0 amide bonds. The summed E-state index contributed by atoms with van der Waals surface area (Å²) in [6.07, 6.45) is 0. The predicted molar refractivity (Wildman–Crippen MR) is 75.7 cm³/mol. The second-order valence-corrected chi connectivity index (χ2v) is 5.84. The second-order valence-electron chi connectivity index (χ2n) is 3.05. The van der Waals surface area contributed by atoms with Crippen LogP contribution in [0.2, 0.25) is 14.4 Å². The van der Waals surface area contributed by atoms with E-state index in [-0.39, 0.29) is 10.0 Å². The van der Waals surface area contributed by atoms with Gasteiger partial charge in [-0.05, 0) is 6.92 Å². The van der Waals surface area contributed by atoms with Crippen molar-refractivity contribution in [2.45, 2.75) is 13.0 Å². The fourth-order valence-electron chi connectivity index (χ4n) is 1.01. The van der Waals surface area contributed by atoms with Crippen molar-refractivity contribution in [1.82, 2.24) is 5.32 Å². The van der Waals surface area contributed by atoms with Gasteiger partial charge in [0, 0.05) is 0 Å². The normalized spacial score (nSPS) is 12.1. The number of halogens is 3. The lowest BCUT2D eigenvalue weighted by Gasteiger charge is -2.12. The molecule has 3 nitrogen and oxygen atoms in total. The molecular formula is C9H8Cl3NO2S2. The highest BCUT2D eigenvalue weighted by molar-refractivity contribution is 7.81. The number of nitrogens with one attached hydrogen (secondary N) is 1. The van der Waals surface area contributed by atoms with Crippen molar-refractivity contribution < 1.29 is 9.53 Å². The Kier molecular flexibility index (Phi) is 5.47. The number of rotatable bonds is 3. The van der Waals surface area contributed by atoms with Crippen LogP contribution in [0, 0.1) is 0 Å². The van der Waals surface area contributed by atoms with Gasteiger partial charge in [-0.1, -0.05) is 47.0 Å². The molecule has 94 valence electrons. The van der Waals surface area contributed by atoms with Crippen molar-refractivity contribution in [3.8, 4) is 0 Å². The predicted octanol–water partition coefficient (Wildman–Crippen LogP) is 3.53. The minimum atomic E-state index is -0.566. The highest BCUT2D eigenvalue weighted by Crippen LogP contribution is 2.40. The number of carbonyl (C=O) groups excluding carboxylic acids is 1. The van der Waals surface area contributed by atoms with E-state index in [0.29, 0.717) is 14.2 Å². The molecule has 1 N–H and O–H groups in total. The molecule has 1 heterocycles. The lowest BCUT2D eigenvalue weighted by atomic mass is 10.3. The van der Waals surface area contributed by atoms with Gasteiger partial charge in [-0.15, -0.1) is 11.3 Å². The third-order valence-electron chi connectivity index (χ3n) is 1.86. The molecule has 1 aromatic rings. The summed E-state index contributed by atoms with van der Waals surface area (Å²) in [5.41, 5.74) is 0. The molecule has 0 saturated heterocycles. The van der Waals surface area contributed by atoms with Gasteiger partial charge in [0.25, 0.3) is 0 Å². The number of ether oxygens (including phenoxy) is 1. The third-order valence-corrected chi connectivity index (χ3v) is 4.91. The van der Waals surface area contributed by atoms with Crippen molar-refractivity contribution >= 4 is 69.3 Å². The summed E-state index contributed by atoms with van der Waals surface area (Å²) < 4.78 is 4.93. The molecule has 0 aliphatic heterocycles. The lowest BCUT2D eigenvalue weighted by molar-refractivity contribution is -0.142. The molecule has 17 heavy (non-hydrogen) atoms. The Bertz CT molecular complexity index is 461. The van der Waals surface area contributed by atoms with Crippen molar-refractivity contribution in [2.24, 2.45) is 0 Å². The molecule has 0 fully saturated rings. The van der Waals surface area contributed by atoms with Crippen LogP contribution >= 0.6 is 58.4 Å². The molecule has 1 aromatic heterocycles. The first-order valence-corrected chi connectivity index (χ1v) is 6.76. The van der Waals surface area contributed by atoms with Crippen molar-refractivity contribution in [1.29, 1.82) is 0 Å². The average molecular weight is 333 g/mol. The number of methoxy groups -OCH3 is 1. The van der Waals surface area contributed by atoms with Crippen LogP contribution in [-0.4, -0.2) is 24.1 Å². The molecule has 0 aliphatic carbocycles. The van der Waals surface area contributed by atoms with Crippen molar-refractivity contribution in [3.63, 3.8) is 0 Å². The largest absolute Gasteiger partial charge is 0.467 e. The summed E-state index contributed by atoms with van der Waals surface area (Å²) in [7, 11) is 1.30. The maximum atomic E-state index is 11.2. The van der Waals surface area contributed by atoms with Crippen LogP contribution in [0.4, 0.5) is 0 Å². The second kappa shape index (κ2) is 6.20. The first-order valence-electron chi connectivity index (χ1n) is 4.40. The van der Waals surface area contributed by atoms with Gasteiger partial charge in [0.05, 0.1) is 22.0 Å². The molecule has 0 unspecified atom stereocenters. The van der Waals surface area contributed by atoms with E-state index in [1.54, 1.807) is 6.92 Å². The van der Waals surface area contributed by atoms with E-state index in [1.165, 1.54) is 7.11 Å². The minimum Gasteiger partial charge on any atom is -0.467 e. The van der Waals surface area contributed by atoms with Crippen LogP contribution in [0.15, 0.2) is 0 Å². The third kappa shape index (κ3) is 3.45. The van der Waals surface area contributed by atoms with Crippen LogP contribution in [0.5, 0.6) is 0 Å². The SMILES string of the molecule is COC(=O)[C@H](C)NC(=S)c1sc(Cl)c(Cl)c1Cl. The van der Waals surface area contributed by atoms with E-state index in [2.05, 4.69) is 10.1 Å². The van der Waals surface area contributed by atoms with Gasteiger partial charge < -0.3 is 10.1 Å². The molecule has 0 aliphatic rings. The smallest absolute Gasteiger partial charge is 0.328 e. The molecule has 0 radical (unpaired) electrons. The fourth-order valence-corrected chi connectivity index (χ4v) is 3.18. The van der Waals surface area contributed by atoms with E-state index >= 15 is 0 Å². The maximum Gasteiger partial charge on any atom is 0.328 e. The van der Waals surface area contributed by atoms with Gasteiger partial charge in [-0.2, -0.15) is 0 Å². The van der Waals surface area contributed by atoms with Crippen LogP contribution in [0.25, 0.3) is 0 Å². The summed E-state index contributed by atoms with van der Waals surface area (Å²) in [5, 5.41) is 3.35. The van der Waals surface area contributed by atoms with Crippen molar-refractivity contribution in [2.75, 3.05) is 7.11 Å². The molecule has 1 atom stereocenters. The van der Waals surface area contributed by atoms with Crippen molar-refractivity contribution in [3.05, 3.63) is 19.3 Å². The number of hydrogen-bond donors (Lipinski definition) is 1. The highest BCUT2D eigenvalue weighted by Gasteiger charge is 2.20. The van der Waals surface area contributed by atoms with Gasteiger partial charge in [-0.25, -0.2) is 4.79 Å². The summed E-state index contributed by atoms with van der Waals surface area (Å²) >= 11 is 23.9. The molecule has 0 bridgehead atoms. The van der Waals surface area contributed by atoms with Gasteiger partial charge in [0.2, 0.25) is 0 Å². The quantitative estimate of drug-likeness (QED) is 0.679. The lowest BCUT2D eigenvalue weighted by Crippen LogP contribution is -2.38. The van der Waals surface area contributed by atoms with E-state index in [9.17, 15) is 4.79 Å². The molecule has 8 heteroatoms. The monoisotopic (exact) mass is 331 g/mol. The number of thiocarbonyl (C=S) groups is 1. The molecular weight excluding hydrogens is 325 g/mol. The summed E-state index contributed by atoms with van der Waals surface area (Å²) in [6.45, 7) is 1.63. The van der Waals surface area contributed by atoms with Crippen LogP contribution in [0.3, 0.4) is 0 Å². The zero-order valence-electron chi connectivity index (χ0n) is 8.84. The number of esters is 1. The number of carbonyl (C=O) groups is 1. The maximum absolute atomic E-state index is 11.2. The molecule has 0 spiro atoms. The Morgan fingerprint density at radius 2 is 2.00 bits per heavy atom. The van der Waals surface area contributed by atoms with Gasteiger partial charge in [0.15, 0.2) is 0 Å². The Hall–Kier alpha value is -0.0700. The zero-order chi connectivity index (χ0) is 13.2. The number of hydrogen-bond acceptors (Lipinski definition) is 4. The topological polar surface area (TPSA) is 38.3 Å². The van der Waals surface area contributed by atoms with Crippen LogP contribution in [0.1, 0.15) is 11.8 Å². The summed E-state index contributed by atoms with van der Waals surface area (Å²) in [6, 6.07) is -0.566. The fraction of sp³-hybridized carbons (Fsp3) is 0.333. The van der Waals surface area contributed by atoms with Gasteiger partial charge >= 0.3 is 5.97 Å².